The number of fused-ring (bicyclic) bond motifs is 1. The van der Waals surface area contributed by atoms with Gasteiger partial charge in [0.2, 0.25) is 0 Å². The Kier molecular flexibility index (Phi) is 6.53. The number of nitrogens with zero attached hydrogens (tertiary/aromatic N) is 3. The number of thiophene rings is 1. The maximum atomic E-state index is 12.8. The van der Waals surface area contributed by atoms with Crippen molar-refractivity contribution in [2.24, 2.45) is 0 Å². The van der Waals surface area contributed by atoms with Crippen LogP contribution in [0.4, 0.5) is 4.79 Å². The standard InChI is InChI=1S/C19H27N5O4S/c1-5-28-19(27)24-8-6-12(7-9-24)20-17(26)15-11(2)14-16(25)21-13(10-23(3)4)22-18(14)29-15/h12H,5-10H2,1-4H3,(H,20,26)(H,21,22,25). The number of hydrogen-bond acceptors (Lipinski definition) is 7. The lowest BCUT2D eigenvalue weighted by Gasteiger charge is -2.31. The summed E-state index contributed by atoms with van der Waals surface area (Å²) < 4.78 is 5.02. The average molecular weight is 422 g/mol. The zero-order valence-corrected chi connectivity index (χ0v) is 18.0. The summed E-state index contributed by atoms with van der Waals surface area (Å²) in [6.07, 6.45) is 1.03. The Bertz CT molecular complexity index is 959. The first-order valence-electron chi connectivity index (χ1n) is 9.69. The molecule has 2 aromatic heterocycles. The Morgan fingerprint density at radius 2 is 2.03 bits per heavy atom. The number of piperidine rings is 1. The predicted molar refractivity (Wildman–Crippen MR) is 111 cm³/mol. The summed E-state index contributed by atoms with van der Waals surface area (Å²) in [6.45, 7) is 5.52. The van der Waals surface area contributed by atoms with Crippen LogP contribution < -0.4 is 10.9 Å². The van der Waals surface area contributed by atoms with Gasteiger partial charge in [-0.25, -0.2) is 9.78 Å². The summed E-state index contributed by atoms with van der Waals surface area (Å²) in [5.74, 6) is 0.376. The molecule has 1 saturated heterocycles. The third-order valence-corrected chi connectivity index (χ3v) is 6.06. The van der Waals surface area contributed by atoms with Crippen LogP contribution in [-0.4, -0.2) is 71.6 Å². The Hall–Kier alpha value is -2.46. The number of aromatic nitrogens is 2. The van der Waals surface area contributed by atoms with Crippen molar-refractivity contribution in [2.45, 2.75) is 39.3 Å². The van der Waals surface area contributed by atoms with Gasteiger partial charge in [0.05, 0.1) is 23.4 Å². The summed E-state index contributed by atoms with van der Waals surface area (Å²) in [4.78, 5) is 49.1. The Morgan fingerprint density at radius 3 is 2.66 bits per heavy atom. The molecule has 1 fully saturated rings. The Labute approximate surface area is 173 Å². The second-order valence-corrected chi connectivity index (χ2v) is 8.42. The topological polar surface area (TPSA) is 108 Å². The van der Waals surface area contributed by atoms with Crippen LogP contribution in [0.3, 0.4) is 0 Å². The third kappa shape index (κ3) is 4.76. The van der Waals surface area contributed by atoms with E-state index in [0.717, 1.165) is 0 Å². The lowest BCUT2D eigenvalue weighted by Crippen LogP contribution is -2.46. The lowest BCUT2D eigenvalue weighted by atomic mass is 10.1. The van der Waals surface area contributed by atoms with E-state index in [-0.39, 0.29) is 23.6 Å². The van der Waals surface area contributed by atoms with E-state index in [1.54, 1.807) is 18.7 Å². The van der Waals surface area contributed by atoms with Gasteiger partial charge in [0, 0.05) is 19.1 Å². The van der Waals surface area contributed by atoms with Crippen molar-refractivity contribution in [1.29, 1.82) is 0 Å². The molecule has 0 aliphatic carbocycles. The highest BCUT2D eigenvalue weighted by atomic mass is 32.1. The molecule has 3 rings (SSSR count). The van der Waals surface area contributed by atoms with Gasteiger partial charge in [0.1, 0.15) is 10.7 Å². The molecule has 0 atom stereocenters. The molecule has 2 amide bonds. The molecule has 158 valence electrons. The molecular weight excluding hydrogens is 394 g/mol. The van der Waals surface area contributed by atoms with Gasteiger partial charge in [-0.1, -0.05) is 0 Å². The lowest BCUT2D eigenvalue weighted by molar-refractivity contribution is 0.0862. The van der Waals surface area contributed by atoms with E-state index in [1.165, 1.54) is 11.3 Å². The van der Waals surface area contributed by atoms with E-state index >= 15 is 0 Å². The predicted octanol–water partition coefficient (Wildman–Crippen LogP) is 1.71. The van der Waals surface area contributed by atoms with Crippen molar-refractivity contribution in [2.75, 3.05) is 33.8 Å². The van der Waals surface area contributed by atoms with Crippen LogP contribution in [0, 0.1) is 6.92 Å². The van der Waals surface area contributed by atoms with E-state index in [0.29, 0.717) is 65.6 Å². The number of H-pyrrole nitrogens is 1. The fourth-order valence-corrected chi connectivity index (χ4v) is 4.56. The van der Waals surface area contributed by atoms with Crippen LogP contribution in [0.15, 0.2) is 4.79 Å². The zero-order chi connectivity index (χ0) is 21.1. The minimum absolute atomic E-state index is 0.0201. The molecule has 10 heteroatoms. The molecule has 1 aliphatic heterocycles. The quantitative estimate of drug-likeness (QED) is 0.761. The van der Waals surface area contributed by atoms with Crippen LogP contribution in [0.5, 0.6) is 0 Å². The van der Waals surface area contributed by atoms with Crippen LogP contribution in [0.2, 0.25) is 0 Å². The number of amides is 2. The fourth-order valence-electron chi connectivity index (χ4n) is 3.45. The Balaban J connectivity index is 1.71. The third-order valence-electron chi connectivity index (χ3n) is 4.88. The van der Waals surface area contributed by atoms with Crippen molar-refractivity contribution < 1.29 is 14.3 Å². The van der Waals surface area contributed by atoms with Crippen molar-refractivity contribution in [1.82, 2.24) is 25.1 Å². The normalized spacial score (nSPS) is 15.1. The number of likely N-dealkylation sites (tertiary alicyclic amines) is 1. The van der Waals surface area contributed by atoms with Gasteiger partial charge in [-0.05, 0) is 46.3 Å². The molecular formula is C19H27N5O4S. The van der Waals surface area contributed by atoms with E-state index in [2.05, 4.69) is 15.3 Å². The van der Waals surface area contributed by atoms with Crippen LogP contribution in [0.25, 0.3) is 10.2 Å². The van der Waals surface area contributed by atoms with Crippen LogP contribution in [0.1, 0.15) is 40.8 Å². The van der Waals surface area contributed by atoms with Crippen molar-refractivity contribution in [3.05, 3.63) is 26.6 Å². The molecule has 9 nitrogen and oxygen atoms in total. The van der Waals surface area contributed by atoms with Gasteiger partial charge in [-0.15, -0.1) is 11.3 Å². The molecule has 2 aromatic rings. The highest BCUT2D eigenvalue weighted by Crippen LogP contribution is 2.27. The highest BCUT2D eigenvalue weighted by molar-refractivity contribution is 7.20. The van der Waals surface area contributed by atoms with Gasteiger partial charge >= 0.3 is 6.09 Å². The smallest absolute Gasteiger partial charge is 0.409 e. The number of nitrogens with one attached hydrogen (secondary N) is 2. The molecule has 0 spiro atoms. The summed E-state index contributed by atoms with van der Waals surface area (Å²) in [5.41, 5.74) is 0.430. The van der Waals surface area contributed by atoms with Crippen molar-refractivity contribution in [3.63, 3.8) is 0 Å². The second-order valence-electron chi connectivity index (χ2n) is 7.42. The summed E-state index contributed by atoms with van der Waals surface area (Å²) in [7, 11) is 3.80. The average Bonchev–Trinajstić information content (AvgIpc) is 2.99. The van der Waals surface area contributed by atoms with Crippen LogP contribution in [-0.2, 0) is 11.3 Å². The van der Waals surface area contributed by atoms with Crippen LogP contribution >= 0.6 is 11.3 Å². The first kappa shape index (κ1) is 21.3. The number of rotatable bonds is 5. The van der Waals surface area contributed by atoms with E-state index in [4.69, 9.17) is 4.74 Å². The number of aryl methyl sites for hydroxylation is 1. The van der Waals surface area contributed by atoms with Crippen molar-refractivity contribution in [3.8, 4) is 0 Å². The summed E-state index contributed by atoms with van der Waals surface area (Å²) in [5, 5.41) is 3.51. The van der Waals surface area contributed by atoms with Gasteiger partial charge < -0.3 is 24.8 Å². The van der Waals surface area contributed by atoms with Crippen molar-refractivity contribution >= 4 is 33.6 Å². The molecule has 0 bridgehead atoms. The molecule has 2 N–H and O–H groups in total. The molecule has 29 heavy (non-hydrogen) atoms. The summed E-state index contributed by atoms with van der Waals surface area (Å²) >= 11 is 1.24. The fraction of sp³-hybridized carbons (Fsp3) is 0.579. The van der Waals surface area contributed by atoms with Gasteiger partial charge in [0.15, 0.2) is 0 Å². The van der Waals surface area contributed by atoms with Gasteiger partial charge in [-0.3, -0.25) is 9.59 Å². The minimum Gasteiger partial charge on any atom is -0.450 e. The van der Waals surface area contributed by atoms with Gasteiger partial charge in [0.25, 0.3) is 11.5 Å². The Morgan fingerprint density at radius 1 is 1.34 bits per heavy atom. The molecule has 3 heterocycles. The molecule has 0 aromatic carbocycles. The zero-order valence-electron chi connectivity index (χ0n) is 17.2. The molecule has 0 saturated carbocycles. The monoisotopic (exact) mass is 421 g/mol. The minimum atomic E-state index is -0.309. The molecule has 0 radical (unpaired) electrons. The van der Waals surface area contributed by atoms with E-state index in [1.807, 2.05) is 19.0 Å². The first-order chi connectivity index (χ1) is 13.8. The number of hydrogen-bond donors (Lipinski definition) is 2. The maximum Gasteiger partial charge on any atom is 0.409 e. The number of ether oxygens (including phenoxy) is 1. The number of carbonyl (C=O) groups excluding carboxylic acids is 2. The molecule has 1 aliphatic rings. The second kappa shape index (κ2) is 8.91. The highest BCUT2D eigenvalue weighted by Gasteiger charge is 2.26. The summed E-state index contributed by atoms with van der Waals surface area (Å²) in [6, 6.07) is -0.0201. The van der Waals surface area contributed by atoms with Gasteiger partial charge in [-0.2, -0.15) is 0 Å². The van der Waals surface area contributed by atoms with E-state index < -0.39 is 0 Å². The number of aromatic amines is 1. The van der Waals surface area contributed by atoms with E-state index in [9.17, 15) is 14.4 Å². The SMILES string of the molecule is CCOC(=O)N1CCC(NC(=O)c2sc3nc(CN(C)C)[nH]c(=O)c3c2C)CC1. The largest absolute Gasteiger partial charge is 0.450 e. The number of carbonyl (C=O) groups is 2. The molecule has 0 unspecified atom stereocenters. The first-order valence-corrected chi connectivity index (χ1v) is 10.5. The maximum absolute atomic E-state index is 12.8.